The minimum absolute atomic E-state index is 0.0872. The van der Waals surface area contributed by atoms with Crippen molar-refractivity contribution in [1.29, 1.82) is 0 Å². The van der Waals surface area contributed by atoms with Gasteiger partial charge in [-0.05, 0) is 43.7 Å². The van der Waals surface area contributed by atoms with Gasteiger partial charge < -0.3 is 16.4 Å². The summed E-state index contributed by atoms with van der Waals surface area (Å²) in [5, 5.41) is 6.76. The molecule has 0 spiro atoms. The molecule has 1 fully saturated rings. The Kier molecular flexibility index (Phi) is 3.41. The summed E-state index contributed by atoms with van der Waals surface area (Å²) < 4.78 is 12.8. The van der Waals surface area contributed by atoms with E-state index in [4.69, 9.17) is 5.73 Å². The topological polar surface area (TPSA) is 50.1 Å². The number of nitrogens with one attached hydrogen (secondary N) is 2. The molecule has 1 aromatic carbocycles. The summed E-state index contributed by atoms with van der Waals surface area (Å²) in [6, 6.07) is 6.42. The van der Waals surface area contributed by atoms with Crippen LogP contribution in [-0.2, 0) is 0 Å². The van der Waals surface area contributed by atoms with E-state index in [1.165, 1.54) is 12.1 Å². The molecule has 1 atom stereocenters. The highest BCUT2D eigenvalue weighted by Crippen LogP contribution is 2.21. The minimum atomic E-state index is -0.214. The number of rotatable bonds is 3. The maximum atomic E-state index is 12.8. The lowest BCUT2D eigenvalue weighted by Crippen LogP contribution is -2.56. The Labute approximate surface area is 95.2 Å². The van der Waals surface area contributed by atoms with Crippen LogP contribution in [0.1, 0.15) is 12.8 Å². The number of hydrogen-bond donors (Lipinski definition) is 3. The van der Waals surface area contributed by atoms with Gasteiger partial charge in [0.15, 0.2) is 0 Å². The van der Waals surface area contributed by atoms with Gasteiger partial charge >= 0.3 is 0 Å². The summed E-state index contributed by atoms with van der Waals surface area (Å²) in [6.45, 7) is 2.49. The van der Waals surface area contributed by atoms with E-state index in [-0.39, 0.29) is 11.4 Å². The third-order valence-electron chi connectivity index (χ3n) is 3.12. The third-order valence-corrected chi connectivity index (χ3v) is 3.12. The molecule has 0 bridgehead atoms. The maximum absolute atomic E-state index is 12.8. The fraction of sp³-hybridized carbons (Fsp3) is 0.500. The highest BCUT2D eigenvalue weighted by atomic mass is 19.1. The molecular formula is C12H18FN3. The lowest BCUT2D eigenvalue weighted by molar-refractivity contribution is 0.350. The van der Waals surface area contributed by atoms with E-state index in [1.807, 2.05) is 0 Å². The second-order valence-corrected chi connectivity index (χ2v) is 4.40. The first-order valence-corrected chi connectivity index (χ1v) is 5.69. The quantitative estimate of drug-likeness (QED) is 0.724. The molecule has 0 aromatic heterocycles. The zero-order chi connectivity index (χ0) is 11.4. The van der Waals surface area contributed by atoms with Crippen molar-refractivity contribution in [1.82, 2.24) is 5.32 Å². The molecule has 1 saturated heterocycles. The van der Waals surface area contributed by atoms with Crippen LogP contribution < -0.4 is 16.4 Å². The predicted molar refractivity (Wildman–Crippen MR) is 63.9 cm³/mol. The lowest BCUT2D eigenvalue weighted by Gasteiger charge is -2.38. The van der Waals surface area contributed by atoms with Gasteiger partial charge in [0.05, 0.1) is 5.54 Å². The molecule has 1 unspecified atom stereocenters. The van der Waals surface area contributed by atoms with Gasteiger partial charge in [-0.15, -0.1) is 0 Å². The standard InChI is InChI=1S/C12H18FN3/c13-10-2-4-11(5-3-10)16-12(8-14)6-1-7-15-9-12/h2-5,15-16H,1,6-9,14H2. The first kappa shape index (κ1) is 11.4. The summed E-state index contributed by atoms with van der Waals surface area (Å²) in [5.74, 6) is -0.214. The van der Waals surface area contributed by atoms with Crippen molar-refractivity contribution in [2.24, 2.45) is 5.73 Å². The monoisotopic (exact) mass is 223 g/mol. The van der Waals surface area contributed by atoms with Crippen molar-refractivity contribution in [3.8, 4) is 0 Å². The second kappa shape index (κ2) is 4.80. The van der Waals surface area contributed by atoms with Crippen molar-refractivity contribution in [2.75, 3.05) is 25.0 Å². The number of halogens is 1. The van der Waals surface area contributed by atoms with E-state index in [0.717, 1.165) is 31.6 Å². The van der Waals surface area contributed by atoms with Crippen molar-refractivity contribution in [2.45, 2.75) is 18.4 Å². The Balaban J connectivity index is 2.08. The SMILES string of the molecule is NCC1(Nc2ccc(F)cc2)CCCNC1. The summed E-state index contributed by atoms with van der Waals surface area (Å²) >= 11 is 0. The fourth-order valence-corrected chi connectivity index (χ4v) is 2.14. The van der Waals surface area contributed by atoms with Crippen LogP contribution >= 0.6 is 0 Å². The number of piperidine rings is 1. The molecule has 2 rings (SSSR count). The van der Waals surface area contributed by atoms with E-state index in [0.29, 0.717) is 6.54 Å². The van der Waals surface area contributed by atoms with Crippen LogP contribution in [0.2, 0.25) is 0 Å². The van der Waals surface area contributed by atoms with Gasteiger partial charge in [-0.3, -0.25) is 0 Å². The van der Waals surface area contributed by atoms with Crippen molar-refractivity contribution >= 4 is 5.69 Å². The Hall–Kier alpha value is -1.13. The molecule has 88 valence electrons. The number of nitrogens with two attached hydrogens (primary N) is 1. The van der Waals surface area contributed by atoms with E-state index < -0.39 is 0 Å². The first-order valence-electron chi connectivity index (χ1n) is 5.69. The number of benzene rings is 1. The smallest absolute Gasteiger partial charge is 0.123 e. The summed E-state index contributed by atoms with van der Waals surface area (Å²) in [4.78, 5) is 0. The van der Waals surface area contributed by atoms with Gasteiger partial charge in [-0.25, -0.2) is 4.39 Å². The minimum Gasteiger partial charge on any atom is -0.377 e. The van der Waals surface area contributed by atoms with Crippen LogP contribution in [0.3, 0.4) is 0 Å². The molecular weight excluding hydrogens is 205 g/mol. The van der Waals surface area contributed by atoms with Crippen molar-refractivity contribution < 1.29 is 4.39 Å². The van der Waals surface area contributed by atoms with E-state index >= 15 is 0 Å². The van der Waals surface area contributed by atoms with Gasteiger partial charge in [0.1, 0.15) is 5.82 Å². The Bertz CT molecular complexity index is 331. The third kappa shape index (κ3) is 2.51. The summed E-state index contributed by atoms with van der Waals surface area (Å²) in [6.07, 6.45) is 2.17. The van der Waals surface area contributed by atoms with Crippen LogP contribution in [0.15, 0.2) is 24.3 Å². The zero-order valence-electron chi connectivity index (χ0n) is 9.30. The Morgan fingerprint density at radius 1 is 1.38 bits per heavy atom. The highest BCUT2D eigenvalue weighted by Gasteiger charge is 2.30. The zero-order valence-corrected chi connectivity index (χ0v) is 9.30. The second-order valence-electron chi connectivity index (χ2n) is 4.40. The average Bonchev–Trinajstić information content (AvgIpc) is 2.33. The van der Waals surface area contributed by atoms with Crippen LogP contribution in [0.4, 0.5) is 10.1 Å². The van der Waals surface area contributed by atoms with Gasteiger partial charge in [0.2, 0.25) is 0 Å². The lowest BCUT2D eigenvalue weighted by atomic mass is 9.90. The number of hydrogen-bond acceptors (Lipinski definition) is 3. The van der Waals surface area contributed by atoms with Crippen molar-refractivity contribution in [3.63, 3.8) is 0 Å². The van der Waals surface area contributed by atoms with Gasteiger partial charge in [-0.1, -0.05) is 0 Å². The number of anilines is 1. The predicted octanol–water partition coefficient (Wildman–Crippen LogP) is 1.32. The molecule has 0 amide bonds. The molecule has 4 N–H and O–H groups in total. The molecule has 4 heteroatoms. The van der Waals surface area contributed by atoms with Crippen molar-refractivity contribution in [3.05, 3.63) is 30.1 Å². The van der Waals surface area contributed by atoms with Crippen LogP contribution in [0, 0.1) is 5.82 Å². The molecule has 0 aliphatic carbocycles. The van der Waals surface area contributed by atoms with E-state index in [2.05, 4.69) is 10.6 Å². The molecule has 1 aromatic rings. The summed E-state index contributed by atoms with van der Waals surface area (Å²) in [7, 11) is 0. The Morgan fingerprint density at radius 3 is 2.69 bits per heavy atom. The van der Waals surface area contributed by atoms with E-state index in [9.17, 15) is 4.39 Å². The van der Waals surface area contributed by atoms with Crippen LogP contribution in [0.5, 0.6) is 0 Å². The first-order chi connectivity index (χ1) is 7.74. The molecule has 0 radical (unpaired) electrons. The molecule has 16 heavy (non-hydrogen) atoms. The highest BCUT2D eigenvalue weighted by molar-refractivity contribution is 5.46. The maximum Gasteiger partial charge on any atom is 0.123 e. The molecule has 3 nitrogen and oxygen atoms in total. The normalized spacial score (nSPS) is 25.4. The van der Waals surface area contributed by atoms with E-state index in [1.54, 1.807) is 12.1 Å². The molecule has 1 aliphatic rings. The molecule has 1 aliphatic heterocycles. The fourth-order valence-electron chi connectivity index (χ4n) is 2.14. The summed E-state index contributed by atoms with van der Waals surface area (Å²) in [5.41, 5.74) is 6.68. The van der Waals surface area contributed by atoms with Gasteiger partial charge in [0.25, 0.3) is 0 Å². The van der Waals surface area contributed by atoms with Crippen LogP contribution in [-0.4, -0.2) is 25.2 Å². The van der Waals surface area contributed by atoms with Crippen LogP contribution in [0.25, 0.3) is 0 Å². The van der Waals surface area contributed by atoms with Gasteiger partial charge in [0, 0.05) is 18.8 Å². The van der Waals surface area contributed by atoms with Gasteiger partial charge in [-0.2, -0.15) is 0 Å². The average molecular weight is 223 g/mol. The largest absolute Gasteiger partial charge is 0.377 e. The molecule has 1 heterocycles. The Morgan fingerprint density at radius 2 is 2.12 bits per heavy atom. The molecule has 0 saturated carbocycles.